The molecule has 3 rings (SSSR count). The number of aliphatic hydroxyl groups is 7. The second-order valence-electron chi connectivity index (χ2n) is 19.0. The molecular formula is C45H76N10O19. The largest absolute Gasteiger partial charge is 0.394 e. The van der Waals surface area contributed by atoms with Gasteiger partial charge in [0.1, 0.15) is 72.7 Å². The molecule has 3 aliphatic rings. The van der Waals surface area contributed by atoms with Crippen molar-refractivity contribution in [3.8, 4) is 0 Å². The number of carbonyl (C=O) groups is 10. The van der Waals surface area contributed by atoms with Crippen molar-refractivity contribution in [1.29, 1.82) is 0 Å². The number of hydrogen-bond acceptors (Lipinski definition) is 19. The van der Waals surface area contributed by atoms with Crippen molar-refractivity contribution in [3.63, 3.8) is 0 Å². The second kappa shape index (κ2) is 28.3. The molecule has 0 aromatic heterocycles. The Morgan fingerprint density at radius 1 is 0.649 bits per heavy atom. The van der Waals surface area contributed by atoms with E-state index in [1.54, 1.807) is 13.8 Å². The van der Waals surface area contributed by atoms with Crippen LogP contribution in [0.2, 0.25) is 0 Å². The lowest BCUT2D eigenvalue weighted by atomic mass is 9.96. The number of carbonyl (C=O) groups excluding carboxylic acids is 10. The molecular weight excluding hydrogens is 985 g/mol. The highest BCUT2D eigenvalue weighted by molar-refractivity contribution is 5.98. The first-order valence-electron chi connectivity index (χ1n) is 24.5. The van der Waals surface area contributed by atoms with Gasteiger partial charge in [0, 0.05) is 26.9 Å². The average Bonchev–Trinajstić information content (AvgIpc) is 4.04. The third kappa shape index (κ3) is 16.2. The fraction of sp³-hybridized carbons (Fsp3) is 0.778. The van der Waals surface area contributed by atoms with Crippen molar-refractivity contribution < 1.29 is 93.2 Å². The third-order valence-corrected chi connectivity index (χ3v) is 13.3. The van der Waals surface area contributed by atoms with E-state index in [4.69, 9.17) is 15.2 Å². The molecule has 0 aromatic rings. The van der Waals surface area contributed by atoms with E-state index >= 15 is 0 Å². The molecule has 3 saturated heterocycles. The van der Waals surface area contributed by atoms with Crippen LogP contribution in [0.3, 0.4) is 0 Å². The van der Waals surface area contributed by atoms with E-state index in [1.165, 1.54) is 32.6 Å². The number of primary amides is 1. The Morgan fingerprint density at radius 2 is 1.12 bits per heavy atom. The normalized spacial score (nSPS) is 26.2. The van der Waals surface area contributed by atoms with Crippen molar-refractivity contribution in [2.75, 3.05) is 26.3 Å². The SMILES string of the molecule is CC[C@H](C)[C@H](NC(=O)[C@@H]1CCCN1C(=O)[C@@H](NC(=O)[C@@H](NC(=O)[C@@H](NC(=O)[C@@H]1CCCN1C(C)=O)[C@@H](C)O)[C@@H](C)O)[C@@H](C)O[C@H]1O[C@H](CO)[C@H](O)[C@H](O)[C@H]1NC(C)=O)C(=O)N[C@@H](CO)C(=O)N[C@H](C(N)=O)[C@@H](C)O. The third-order valence-electron chi connectivity index (χ3n) is 13.3. The predicted octanol–water partition coefficient (Wildman–Crippen LogP) is -8.09. The van der Waals surface area contributed by atoms with E-state index in [-0.39, 0.29) is 38.8 Å². The van der Waals surface area contributed by atoms with Gasteiger partial charge in [-0.15, -0.1) is 0 Å². The topological polar surface area (TPSA) is 447 Å². The van der Waals surface area contributed by atoms with E-state index < -0.39 is 182 Å². The summed E-state index contributed by atoms with van der Waals surface area (Å²) in [5, 5.41) is 89.5. The highest BCUT2D eigenvalue weighted by atomic mass is 16.7. The van der Waals surface area contributed by atoms with Crippen molar-refractivity contribution in [3.05, 3.63) is 0 Å². The zero-order valence-electron chi connectivity index (χ0n) is 42.8. The van der Waals surface area contributed by atoms with Crippen molar-refractivity contribution in [1.82, 2.24) is 47.0 Å². The molecule has 3 heterocycles. The summed E-state index contributed by atoms with van der Waals surface area (Å²) in [5.41, 5.74) is 5.26. The minimum atomic E-state index is -1.94. The van der Waals surface area contributed by atoms with E-state index in [0.29, 0.717) is 6.42 Å². The zero-order valence-corrected chi connectivity index (χ0v) is 42.8. The van der Waals surface area contributed by atoms with Crippen LogP contribution < -0.4 is 43.0 Å². The van der Waals surface area contributed by atoms with E-state index in [0.717, 1.165) is 18.7 Å². The number of nitrogens with zero attached hydrogens (tertiary/aromatic N) is 2. The molecule has 29 heteroatoms. The molecule has 29 nitrogen and oxygen atoms in total. The van der Waals surface area contributed by atoms with Gasteiger partial charge in [0.15, 0.2) is 6.29 Å². The Kier molecular flexibility index (Phi) is 24.0. The van der Waals surface area contributed by atoms with Gasteiger partial charge in [0.05, 0.1) is 37.6 Å². The number of ether oxygens (including phenoxy) is 2. The van der Waals surface area contributed by atoms with Crippen LogP contribution in [-0.2, 0) is 57.4 Å². The molecule has 16 N–H and O–H groups in total. The van der Waals surface area contributed by atoms with Crippen LogP contribution in [0, 0.1) is 5.92 Å². The quantitative estimate of drug-likeness (QED) is 0.0404. The molecule has 0 unspecified atom stereocenters. The Labute approximate surface area is 427 Å². The van der Waals surface area contributed by atoms with Crippen LogP contribution in [0.15, 0.2) is 0 Å². The van der Waals surface area contributed by atoms with Crippen LogP contribution >= 0.6 is 0 Å². The summed E-state index contributed by atoms with van der Waals surface area (Å²) in [4.78, 5) is 136. The number of hydrogen-bond donors (Lipinski definition) is 15. The summed E-state index contributed by atoms with van der Waals surface area (Å²) in [6, 6.07) is -14.2. The van der Waals surface area contributed by atoms with E-state index in [2.05, 4.69) is 37.2 Å². The van der Waals surface area contributed by atoms with Gasteiger partial charge in [-0.2, -0.15) is 0 Å². The smallest absolute Gasteiger partial charge is 0.248 e. The van der Waals surface area contributed by atoms with Crippen LogP contribution in [0.4, 0.5) is 0 Å². The highest BCUT2D eigenvalue weighted by Gasteiger charge is 2.49. The van der Waals surface area contributed by atoms with Gasteiger partial charge in [-0.05, 0) is 59.3 Å². The monoisotopic (exact) mass is 1060 g/mol. The summed E-state index contributed by atoms with van der Waals surface area (Å²) < 4.78 is 11.8. The molecule has 0 radical (unpaired) electrons. The first kappa shape index (κ1) is 62.6. The lowest BCUT2D eigenvalue weighted by Crippen LogP contribution is -2.67. The molecule has 0 spiro atoms. The summed E-state index contributed by atoms with van der Waals surface area (Å²) in [5.74, 6) is -10.1. The fourth-order valence-corrected chi connectivity index (χ4v) is 8.79. The maximum Gasteiger partial charge on any atom is 0.248 e. The van der Waals surface area contributed by atoms with Crippen LogP contribution in [0.5, 0.6) is 0 Å². The summed E-state index contributed by atoms with van der Waals surface area (Å²) in [6.07, 6.45) is -12.0. The van der Waals surface area contributed by atoms with Crippen LogP contribution in [0.25, 0.3) is 0 Å². The number of likely N-dealkylation sites (tertiary alicyclic amines) is 2. The lowest BCUT2D eigenvalue weighted by molar-refractivity contribution is -0.281. The molecule has 74 heavy (non-hydrogen) atoms. The van der Waals surface area contributed by atoms with Crippen molar-refractivity contribution >= 4 is 59.1 Å². The second-order valence-corrected chi connectivity index (χ2v) is 19.0. The fourth-order valence-electron chi connectivity index (χ4n) is 8.79. The highest BCUT2D eigenvalue weighted by Crippen LogP contribution is 2.26. The Hall–Kier alpha value is -5.66. The van der Waals surface area contributed by atoms with Gasteiger partial charge < -0.3 is 98.0 Å². The number of aliphatic hydroxyl groups excluding tert-OH is 7. The first-order valence-corrected chi connectivity index (χ1v) is 24.5. The minimum absolute atomic E-state index is 0.0136. The number of rotatable bonds is 25. The zero-order chi connectivity index (χ0) is 56.0. The Morgan fingerprint density at radius 3 is 1.59 bits per heavy atom. The molecule has 0 aliphatic carbocycles. The molecule has 3 fully saturated rings. The van der Waals surface area contributed by atoms with Gasteiger partial charge >= 0.3 is 0 Å². The predicted molar refractivity (Wildman–Crippen MR) is 253 cm³/mol. The number of amides is 10. The first-order chi connectivity index (χ1) is 34.6. The van der Waals surface area contributed by atoms with Gasteiger partial charge in [-0.1, -0.05) is 20.3 Å². The molecule has 3 aliphatic heterocycles. The summed E-state index contributed by atoms with van der Waals surface area (Å²) in [7, 11) is 0. The lowest BCUT2D eigenvalue weighted by Gasteiger charge is -2.43. The number of nitrogens with two attached hydrogens (primary N) is 1. The van der Waals surface area contributed by atoms with Crippen LogP contribution in [0.1, 0.15) is 87.5 Å². The average molecular weight is 1060 g/mol. The molecule has 0 saturated carbocycles. The molecule has 0 aromatic carbocycles. The van der Waals surface area contributed by atoms with Crippen LogP contribution in [-0.4, -0.2) is 234 Å². The Balaban J connectivity index is 2.00. The summed E-state index contributed by atoms with van der Waals surface area (Å²) in [6.45, 7) is 8.57. The van der Waals surface area contributed by atoms with Crippen molar-refractivity contribution in [2.24, 2.45) is 11.7 Å². The maximum atomic E-state index is 14.9. The van der Waals surface area contributed by atoms with Crippen molar-refractivity contribution in [2.45, 2.75) is 191 Å². The van der Waals surface area contributed by atoms with E-state index in [9.17, 15) is 83.7 Å². The van der Waals surface area contributed by atoms with Gasteiger partial charge in [0.25, 0.3) is 0 Å². The molecule has 420 valence electrons. The molecule has 18 atom stereocenters. The maximum absolute atomic E-state index is 14.9. The van der Waals surface area contributed by atoms with E-state index in [1.807, 2.05) is 0 Å². The molecule has 0 bridgehead atoms. The minimum Gasteiger partial charge on any atom is -0.394 e. The van der Waals surface area contributed by atoms with Gasteiger partial charge in [0.2, 0.25) is 59.1 Å². The standard InChI is InChI=1S/C45H76N10O19/c1-9-18(2)29(41(69)48-25(16-56)38(66)50-30(19(3)58)37(46)65)49-40(68)27-13-11-15-55(27)44(72)33(22(6)73-45-34(47-23(7)61)36(64)35(63)28(17-57)74-45)53-43(71)32(21(5)60)52-42(70)31(20(4)59)51-39(67)26-12-10-14-54(26)24(8)62/h18-22,25-36,45,56-60,63-64H,9-17H2,1-8H3,(H2,46,65)(H,47,61)(H,48,69)(H,49,68)(H,50,66)(H,51,67)(H,52,70)(H,53,71)/t18-,19+,20+,21+,22+,25-,26-,27-,28+,29-,30-,31-,32-,33-,34+,35-,36+,45-/m0/s1. The number of nitrogens with one attached hydrogen (secondary N) is 7. The van der Waals surface area contributed by atoms with Gasteiger partial charge in [-0.3, -0.25) is 47.9 Å². The Bertz CT molecular complexity index is 2010. The summed E-state index contributed by atoms with van der Waals surface area (Å²) >= 11 is 0. The van der Waals surface area contributed by atoms with Gasteiger partial charge in [-0.25, -0.2) is 0 Å². The molecule has 10 amide bonds.